The summed E-state index contributed by atoms with van der Waals surface area (Å²) >= 11 is 7.04. The van der Waals surface area contributed by atoms with Crippen molar-refractivity contribution in [3.8, 4) is 17.8 Å². The fraction of sp³-hybridized carbons (Fsp3) is 0.500. The van der Waals surface area contributed by atoms with Crippen LogP contribution in [0.4, 0.5) is 0 Å². The maximum atomic E-state index is 12.3. The summed E-state index contributed by atoms with van der Waals surface area (Å²) in [7, 11) is 0. The van der Waals surface area contributed by atoms with Gasteiger partial charge in [-0.05, 0) is 48.0 Å². The molecule has 0 aliphatic carbocycles. The van der Waals surface area contributed by atoms with Crippen molar-refractivity contribution in [2.45, 2.75) is 69.2 Å². The van der Waals surface area contributed by atoms with E-state index in [1.807, 2.05) is 0 Å². The average molecular weight is 498 g/mol. The van der Waals surface area contributed by atoms with Crippen LogP contribution in [0.3, 0.4) is 0 Å². The van der Waals surface area contributed by atoms with Gasteiger partial charge in [0.05, 0.1) is 4.83 Å². The van der Waals surface area contributed by atoms with E-state index in [1.165, 1.54) is 0 Å². The summed E-state index contributed by atoms with van der Waals surface area (Å²) in [4.78, 5) is 12.4. The third-order valence-corrected chi connectivity index (χ3v) is 5.94. The molecule has 0 saturated carbocycles. The Bertz CT molecular complexity index is 768. The fourth-order valence-corrected chi connectivity index (χ4v) is 3.70. The van der Waals surface area contributed by atoms with Gasteiger partial charge >= 0.3 is 5.95 Å². The fourth-order valence-electron chi connectivity index (χ4n) is 2.72. The van der Waals surface area contributed by atoms with Crippen LogP contribution in [0.5, 0.6) is 5.95 Å². The third-order valence-electron chi connectivity index (χ3n) is 4.26. The zero-order chi connectivity index (χ0) is 19.5. The summed E-state index contributed by atoms with van der Waals surface area (Å²) in [6.45, 7) is 2.07. The molecule has 0 aromatic carbocycles. The highest BCUT2D eigenvalue weighted by molar-refractivity contribution is 9.10. The van der Waals surface area contributed by atoms with E-state index in [-0.39, 0.29) is 22.3 Å². The Morgan fingerprint density at radius 1 is 1.19 bits per heavy atom. The molecule has 2 atom stereocenters. The van der Waals surface area contributed by atoms with Crippen molar-refractivity contribution in [2.24, 2.45) is 0 Å². The van der Waals surface area contributed by atoms with Gasteiger partial charge in [-0.25, -0.2) is 0 Å². The SMILES string of the molecule is CCC1Oc2oc(cc(=O)c2Br)CCCCC#CC/C=C\C/C=C\CC1Br. The summed E-state index contributed by atoms with van der Waals surface area (Å²) in [5.74, 6) is 7.31. The Hall–Kier alpha value is -1.25. The summed E-state index contributed by atoms with van der Waals surface area (Å²) in [5.41, 5.74) is -0.108. The predicted molar refractivity (Wildman–Crippen MR) is 118 cm³/mol. The van der Waals surface area contributed by atoms with Crippen LogP contribution in [0.2, 0.25) is 0 Å². The molecule has 5 heteroatoms. The van der Waals surface area contributed by atoms with Gasteiger partial charge in [-0.2, -0.15) is 0 Å². The first kappa shape index (κ1) is 22.0. The Labute approximate surface area is 178 Å². The van der Waals surface area contributed by atoms with Gasteiger partial charge in [0.25, 0.3) is 0 Å². The second-order valence-electron chi connectivity index (χ2n) is 6.44. The molecule has 0 spiro atoms. The number of fused-ring (bicyclic) bond motifs is 2. The summed E-state index contributed by atoms with van der Waals surface area (Å²) in [6.07, 6.45) is 15.3. The summed E-state index contributed by atoms with van der Waals surface area (Å²) < 4.78 is 12.3. The highest BCUT2D eigenvalue weighted by Crippen LogP contribution is 2.28. The first-order chi connectivity index (χ1) is 13.1. The molecule has 0 radical (unpaired) electrons. The number of aryl methyl sites for hydroxylation is 1. The molecule has 3 nitrogen and oxygen atoms in total. The van der Waals surface area contributed by atoms with Gasteiger partial charge in [0, 0.05) is 25.3 Å². The van der Waals surface area contributed by atoms with Crippen LogP contribution >= 0.6 is 31.9 Å². The number of ether oxygens (including phenoxy) is 1. The lowest BCUT2D eigenvalue weighted by molar-refractivity contribution is 0.142. The van der Waals surface area contributed by atoms with Crippen molar-refractivity contribution in [2.75, 3.05) is 0 Å². The molecule has 2 rings (SSSR count). The Kier molecular flexibility index (Phi) is 10.0. The zero-order valence-corrected chi connectivity index (χ0v) is 18.9. The van der Waals surface area contributed by atoms with Gasteiger partial charge in [0.1, 0.15) is 16.3 Å². The maximum absolute atomic E-state index is 12.3. The number of rotatable bonds is 1. The molecule has 1 aliphatic rings. The highest BCUT2D eigenvalue weighted by atomic mass is 79.9. The predicted octanol–water partition coefficient (Wildman–Crippen LogP) is 6.34. The minimum Gasteiger partial charge on any atom is -0.460 e. The standard InChI is InChI=1S/C22H26Br2O3/c1-2-20-18(23)15-13-11-9-7-5-3-4-6-8-10-12-14-17-16-19(25)21(24)22(26-17)27-20/h5,7,11,13,16,18,20H,2-3,8-10,12,14-15H2,1H3/b7-5-,13-11-. The van der Waals surface area contributed by atoms with Crippen molar-refractivity contribution in [3.63, 3.8) is 0 Å². The number of allylic oxidation sites excluding steroid dienone is 4. The van der Waals surface area contributed by atoms with Crippen LogP contribution in [-0.2, 0) is 6.42 Å². The number of alkyl halides is 1. The topological polar surface area (TPSA) is 39.4 Å². The molecule has 146 valence electrons. The maximum Gasteiger partial charge on any atom is 0.303 e. The van der Waals surface area contributed by atoms with Gasteiger partial charge in [-0.15, -0.1) is 5.92 Å². The van der Waals surface area contributed by atoms with E-state index in [0.717, 1.165) is 44.9 Å². The average Bonchev–Trinajstić information content (AvgIpc) is 2.66. The molecule has 1 aliphatic heterocycles. The molecule has 1 aromatic rings. The molecule has 2 bridgehead atoms. The smallest absolute Gasteiger partial charge is 0.303 e. The van der Waals surface area contributed by atoms with Gasteiger partial charge in [-0.1, -0.05) is 53.1 Å². The molecule has 27 heavy (non-hydrogen) atoms. The minimum atomic E-state index is -0.108. The van der Waals surface area contributed by atoms with E-state index in [4.69, 9.17) is 9.15 Å². The van der Waals surface area contributed by atoms with E-state index in [0.29, 0.717) is 16.7 Å². The van der Waals surface area contributed by atoms with Gasteiger partial charge < -0.3 is 9.15 Å². The molecule has 1 aromatic heterocycles. The third kappa shape index (κ3) is 7.71. The molecule has 0 fully saturated rings. The van der Waals surface area contributed by atoms with E-state index in [2.05, 4.69) is 74.9 Å². The Balaban J connectivity index is 2.20. The molecule has 2 heterocycles. The van der Waals surface area contributed by atoms with Crippen molar-refractivity contribution in [1.29, 1.82) is 0 Å². The largest absolute Gasteiger partial charge is 0.460 e. The molecule has 0 saturated heterocycles. The van der Waals surface area contributed by atoms with Crippen molar-refractivity contribution < 1.29 is 9.15 Å². The van der Waals surface area contributed by atoms with Crippen molar-refractivity contribution in [3.05, 3.63) is 50.8 Å². The lowest BCUT2D eigenvalue weighted by Gasteiger charge is -2.21. The first-order valence-electron chi connectivity index (χ1n) is 9.50. The monoisotopic (exact) mass is 496 g/mol. The van der Waals surface area contributed by atoms with Gasteiger partial charge in [0.15, 0.2) is 0 Å². The lowest BCUT2D eigenvalue weighted by Crippen LogP contribution is -2.27. The molecular formula is C22H26Br2O3. The van der Waals surface area contributed by atoms with Crippen LogP contribution in [-0.4, -0.2) is 10.9 Å². The first-order valence-corrected chi connectivity index (χ1v) is 11.2. The lowest BCUT2D eigenvalue weighted by atomic mass is 10.1. The van der Waals surface area contributed by atoms with E-state index < -0.39 is 0 Å². The zero-order valence-electron chi connectivity index (χ0n) is 15.7. The second kappa shape index (κ2) is 12.3. The summed E-state index contributed by atoms with van der Waals surface area (Å²) in [5, 5.41) is 0. The van der Waals surface area contributed by atoms with Crippen molar-refractivity contribution >= 4 is 31.9 Å². The quantitative estimate of drug-likeness (QED) is 0.258. The van der Waals surface area contributed by atoms with Crippen LogP contribution in [0.25, 0.3) is 0 Å². The minimum absolute atomic E-state index is 0.0876. The second-order valence-corrected chi connectivity index (χ2v) is 8.41. The number of halogens is 2. The number of hydrogen-bond donors (Lipinski definition) is 0. The van der Waals surface area contributed by atoms with Crippen LogP contribution in [0, 0.1) is 11.8 Å². The normalized spacial score (nSPS) is 24.3. The van der Waals surface area contributed by atoms with Gasteiger partial charge in [-0.3, -0.25) is 4.79 Å². The highest BCUT2D eigenvalue weighted by Gasteiger charge is 2.21. The van der Waals surface area contributed by atoms with E-state index >= 15 is 0 Å². The number of hydrogen-bond acceptors (Lipinski definition) is 3. The molecule has 2 unspecified atom stereocenters. The molecular weight excluding hydrogens is 472 g/mol. The van der Waals surface area contributed by atoms with E-state index in [1.54, 1.807) is 6.07 Å². The van der Waals surface area contributed by atoms with Crippen LogP contribution in [0.1, 0.15) is 57.6 Å². The van der Waals surface area contributed by atoms with Crippen LogP contribution < -0.4 is 10.2 Å². The van der Waals surface area contributed by atoms with Crippen LogP contribution in [0.15, 0.2) is 44.1 Å². The Morgan fingerprint density at radius 3 is 2.81 bits per heavy atom. The molecule has 0 amide bonds. The molecule has 0 N–H and O–H groups in total. The van der Waals surface area contributed by atoms with Crippen molar-refractivity contribution in [1.82, 2.24) is 0 Å². The Morgan fingerprint density at radius 2 is 2.00 bits per heavy atom. The summed E-state index contributed by atoms with van der Waals surface area (Å²) in [6, 6.07) is 1.55. The van der Waals surface area contributed by atoms with E-state index in [9.17, 15) is 4.79 Å². The van der Waals surface area contributed by atoms with Gasteiger partial charge in [0.2, 0.25) is 5.43 Å².